The smallest absolute Gasteiger partial charge is 0.305 e. The maximum absolute atomic E-state index is 12.1. The fraction of sp³-hybridized carbons (Fsp3) is 0.459. The van der Waals surface area contributed by atoms with E-state index in [1.807, 2.05) is 6.92 Å². The minimum Gasteiger partial charge on any atom is -0.469 e. The van der Waals surface area contributed by atoms with Crippen molar-refractivity contribution in [2.75, 3.05) is 20.1 Å². The number of alkyl halides is 1. The molecular weight excluding hydrogens is 600 g/mol. The molecule has 246 valence electrons. The van der Waals surface area contributed by atoms with Crippen LogP contribution in [-0.4, -0.2) is 53.4 Å². The maximum atomic E-state index is 12.1. The minimum atomic E-state index is -0.241. The van der Waals surface area contributed by atoms with E-state index in [1.54, 1.807) is 0 Å². The van der Waals surface area contributed by atoms with Gasteiger partial charge in [0.1, 0.15) is 0 Å². The number of hydrogen-bond acceptors (Lipinski definition) is 6. The Morgan fingerprint density at radius 3 is 1.83 bits per heavy atom. The molecule has 0 radical (unpaired) electrons. The van der Waals surface area contributed by atoms with Gasteiger partial charge in [0.05, 0.1) is 37.0 Å². The van der Waals surface area contributed by atoms with Crippen molar-refractivity contribution in [3.8, 4) is 0 Å². The monoisotopic (exact) mass is 646 g/mol. The maximum Gasteiger partial charge on any atom is 0.305 e. The number of aliphatic imine (C=N–C) groups is 2. The number of methoxy groups -OCH3 is 2. The first-order valence-corrected chi connectivity index (χ1v) is 16.5. The molecule has 0 bridgehead atoms. The lowest BCUT2D eigenvalue weighted by Crippen LogP contribution is -2.10. The summed E-state index contributed by atoms with van der Waals surface area (Å²) >= 11 is 6.30. The molecule has 0 amide bonds. The zero-order valence-corrected chi connectivity index (χ0v) is 29.5. The second kappa shape index (κ2) is 15.1. The van der Waals surface area contributed by atoms with Crippen LogP contribution in [0.1, 0.15) is 97.9 Å². The molecule has 2 N–H and O–H groups in total. The number of aromatic nitrogens is 2. The topological polar surface area (TPSA) is 109 Å². The first-order chi connectivity index (χ1) is 21.9. The van der Waals surface area contributed by atoms with Gasteiger partial charge in [-0.2, -0.15) is 0 Å². The van der Waals surface area contributed by atoms with Crippen LogP contribution in [-0.2, 0) is 31.9 Å². The number of carbonyl (C=O) groups is 2. The van der Waals surface area contributed by atoms with Crippen molar-refractivity contribution in [1.29, 1.82) is 0 Å². The number of allylic oxidation sites excluding steroid dienone is 4. The molecule has 0 atom stereocenters. The molecule has 2 aliphatic rings. The van der Waals surface area contributed by atoms with Crippen molar-refractivity contribution in [2.45, 2.75) is 93.4 Å². The van der Waals surface area contributed by atoms with E-state index in [9.17, 15) is 9.59 Å². The zero-order chi connectivity index (χ0) is 33.7. The number of aromatic amines is 2. The normalized spacial score (nSPS) is 16.7. The van der Waals surface area contributed by atoms with Crippen molar-refractivity contribution in [3.63, 3.8) is 0 Å². The predicted molar refractivity (Wildman–Crippen MR) is 188 cm³/mol. The summed E-state index contributed by atoms with van der Waals surface area (Å²) in [6.07, 6.45) is 8.20. The number of ether oxygens (including phenoxy) is 2. The number of halogens is 1. The summed E-state index contributed by atoms with van der Waals surface area (Å²) in [7, 11) is 2.84. The molecular formula is C37H47ClN4O4. The van der Waals surface area contributed by atoms with Crippen molar-refractivity contribution in [3.05, 3.63) is 78.7 Å². The van der Waals surface area contributed by atoms with Crippen LogP contribution in [0.2, 0.25) is 0 Å². The van der Waals surface area contributed by atoms with Crippen LogP contribution in [0.3, 0.4) is 0 Å². The van der Waals surface area contributed by atoms with E-state index in [2.05, 4.69) is 63.7 Å². The Balaban J connectivity index is 1.71. The number of carbonyl (C=O) groups excluding carboxylic acids is 2. The molecule has 2 aromatic rings. The van der Waals surface area contributed by atoms with Crippen LogP contribution >= 0.6 is 11.6 Å². The average molecular weight is 647 g/mol. The van der Waals surface area contributed by atoms with E-state index in [-0.39, 0.29) is 18.4 Å². The fourth-order valence-electron chi connectivity index (χ4n) is 6.57. The van der Waals surface area contributed by atoms with Crippen LogP contribution in [0.5, 0.6) is 0 Å². The van der Waals surface area contributed by atoms with E-state index in [0.29, 0.717) is 38.0 Å². The number of hydrogen-bond donors (Lipinski definition) is 2. The Labute approximate surface area is 277 Å². The highest BCUT2D eigenvalue weighted by molar-refractivity contribution is 6.22. The first-order valence-electron chi connectivity index (χ1n) is 16.0. The van der Waals surface area contributed by atoms with Crippen LogP contribution in [0.25, 0.3) is 12.2 Å². The number of H-pyrrole nitrogens is 2. The van der Waals surface area contributed by atoms with Gasteiger partial charge in [-0.25, -0.2) is 0 Å². The SMILES string of the molecule is CCc1c(C)[nH]c(/C=C2\N=C(CC3=N/C(=C/c4[nH]c(C)c(CCC(=O)OC)c4C)C(C)=C3CCCl)C(C)=C2CCC(=O)OC)c1C. The van der Waals surface area contributed by atoms with E-state index >= 15 is 0 Å². The third kappa shape index (κ3) is 7.38. The number of esters is 2. The largest absolute Gasteiger partial charge is 0.469 e. The highest BCUT2D eigenvalue weighted by Gasteiger charge is 2.27. The van der Waals surface area contributed by atoms with Gasteiger partial charge in [0.25, 0.3) is 0 Å². The van der Waals surface area contributed by atoms with Gasteiger partial charge in [0.15, 0.2) is 0 Å². The number of nitrogens with zero attached hydrogens (tertiary/aromatic N) is 2. The van der Waals surface area contributed by atoms with Gasteiger partial charge in [-0.05, 0) is 124 Å². The van der Waals surface area contributed by atoms with Gasteiger partial charge in [-0.1, -0.05) is 6.92 Å². The number of rotatable bonds is 13. The molecule has 0 aliphatic carbocycles. The lowest BCUT2D eigenvalue weighted by molar-refractivity contribution is -0.141. The quantitative estimate of drug-likeness (QED) is 0.169. The van der Waals surface area contributed by atoms with E-state index in [1.165, 1.54) is 31.0 Å². The Morgan fingerprint density at radius 2 is 1.26 bits per heavy atom. The minimum absolute atomic E-state index is 0.219. The Morgan fingerprint density at radius 1 is 0.717 bits per heavy atom. The molecule has 2 aromatic heterocycles. The van der Waals surface area contributed by atoms with Crippen LogP contribution < -0.4 is 0 Å². The highest BCUT2D eigenvalue weighted by Crippen LogP contribution is 2.36. The van der Waals surface area contributed by atoms with E-state index in [0.717, 1.165) is 79.7 Å². The van der Waals surface area contributed by atoms with Gasteiger partial charge < -0.3 is 19.4 Å². The van der Waals surface area contributed by atoms with Gasteiger partial charge in [0.2, 0.25) is 0 Å². The molecule has 2 aliphatic heterocycles. The van der Waals surface area contributed by atoms with Crippen LogP contribution in [0.15, 0.2) is 43.7 Å². The zero-order valence-electron chi connectivity index (χ0n) is 28.7. The fourth-order valence-corrected chi connectivity index (χ4v) is 6.75. The summed E-state index contributed by atoms with van der Waals surface area (Å²) in [4.78, 5) is 41.2. The molecule has 0 saturated carbocycles. The lowest BCUT2D eigenvalue weighted by Gasteiger charge is -2.08. The summed E-state index contributed by atoms with van der Waals surface area (Å²) in [6.45, 7) is 14.7. The Hall–Kier alpha value is -3.91. The molecule has 4 rings (SSSR count). The standard InChI is InChI=1S/C37H47ClN4O4/c1-10-26-20(2)31(39-24(26)6)18-34-28(12-14-37(44)46-9)22(4)33(42-34)19-35-29(15-16-38)23(5)32(41-35)17-30-21(3)27(25(7)40-30)11-13-36(43)45-8/h17-18,39-40H,10-16,19H2,1-9H3/b32-17+,34-18-. The van der Waals surface area contributed by atoms with Crippen molar-refractivity contribution in [1.82, 2.24) is 9.97 Å². The first kappa shape index (κ1) is 35.0. The van der Waals surface area contributed by atoms with Gasteiger partial charge >= 0.3 is 11.9 Å². The lowest BCUT2D eigenvalue weighted by atomic mass is 9.95. The Kier molecular flexibility index (Phi) is 11.5. The summed E-state index contributed by atoms with van der Waals surface area (Å²) in [5.74, 6) is 0.0256. The molecule has 0 spiro atoms. The molecule has 8 nitrogen and oxygen atoms in total. The molecule has 0 saturated heterocycles. The molecule has 0 fully saturated rings. The second-order valence-electron chi connectivity index (χ2n) is 12.0. The summed E-state index contributed by atoms with van der Waals surface area (Å²) in [5.41, 5.74) is 17.0. The molecule has 0 aromatic carbocycles. The molecule has 0 unspecified atom stereocenters. The predicted octanol–water partition coefficient (Wildman–Crippen LogP) is 8.14. The van der Waals surface area contributed by atoms with Gasteiger partial charge in [-0.15, -0.1) is 11.6 Å². The molecule has 9 heteroatoms. The Bertz CT molecular complexity index is 1720. The second-order valence-corrected chi connectivity index (χ2v) is 12.4. The van der Waals surface area contributed by atoms with Gasteiger partial charge in [0, 0.05) is 47.9 Å². The molecule has 46 heavy (non-hydrogen) atoms. The number of aryl methyl sites for hydroxylation is 2. The summed E-state index contributed by atoms with van der Waals surface area (Å²) < 4.78 is 9.80. The van der Waals surface area contributed by atoms with E-state index < -0.39 is 0 Å². The van der Waals surface area contributed by atoms with Crippen molar-refractivity contribution in [2.24, 2.45) is 9.98 Å². The van der Waals surface area contributed by atoms with Crippen LogP contribution in [0.4, 0.5) is 0 Å². The third-order valence-electron chi connectivity index (χ3n) is 9.36. The molecule has 4 heterocycles. The summed E-state index contributed by atoms with van der Waals surface area (Å²) in [6, 6.07) is 0. The third-order valence-corrected chi connectivity index (χ3v) is 9.55. The van der Waals surface area contributed by atoms with Crippen molar-refractivity contribution < 1.29 is 19.1 Å². The van der Waals surface area contributed by atoms with E-state index in [4.69, 9.17) is 31.1 Å². The highest BCUT2D eigenvalue weighted by atomic mass is 35.5. The number of nitrogens with one attached hydrogen (secondary N) is 2. The van der Waals surface area contributed by atoms with Crippen molar-refractivity contribution >= 4 is 47.1 Å². The van der Waals surface area contributed by atoms with Crippen LogP contribution in [0, 0.1) is 27.7 Å². The summed E-state index contributed by atoms with van der Waals surface area (Å²) in [5, 5.41) is 0. The average Bonchev–Trinajstić information content (AvgIpc) is 3.67. The van der Waals surface area contributed by atoms with Gasteiger partial charge in [-0.3, -0.25) is 19.6 Å².